The van der Waals surface area contributed by atoms with Crippen molar-refractivity contribution in [2.75, 3.05) is 19.1 Å². The molecule has 0 amide bonds. The van der Waals surface area contributed by atoms with Crippen LogP contribution in [0.2, 0.25) is 0 Å². The molecule has 0 N–H and O–H groups in total. The summed E-state index contributed by atoms with van der Waals surface area (Å²) in [5.74, 6) is -4.26. The predicted molar refractivity (Wildman–Crippen MR) is 71.8 cm³/mol. The molecule has 0 spiro atoms. The van der Waals surface area contributed by atoms with Crippen LogP contribution in [0, 0.1) is 17.5 Å². The molecule has 0 radical (unpaired) electrons. The summed E-state index contributed by atoms with van der Waals surface area (Å²) < 4.78 is 43.7. The molecule has 8 heteroatoms. The number of benzene rings is 1. The zero-order valence-corrected chi connectivity index (χ0v) is 11.8. The van der Waals surface area contributed by atoms with Gasteiger partial charge in [0.25, 0.3) is 0 Å². The largest absolute Gasteiger partial charge is 0.464 e. The molecule has 5 nitrogen and oxygen atoms in total. The molecule has 1 aromatic heterocycles. The molecule has 0 atom stereocenters. The summed E-state index contributed by atoms with van der Waals surface area (Å²) in [5, 5.41) is 7.51. The Kier molecular flexibility index (Phi) is 4.59. The number of esters is 1. The molecular weight excluding hydrogens is 299 g/mol. The number of aromatic nitrogens is 2. The maximum atomic E-state index is 13.2. The number of rotatable bonds is 4. The van der Waals surface area contributed by atoms with Crippen LogP contribution >= 0.6 is 0 Å². The summed E-state index contributed by atoms with van der Waals surface area (Å²) >= 11 is 0. The van der Waals surface area contributed by atoms with Crippen LogP contribution < -0.4 is 4.90 Å². The van der Waals surface area contributed by atoms with Gasteiger partial charge in [-0.25, -0.2) is 18.0 Å². The van der Waals surface area contributed by atoms with Gasteiger partial charge in [-0.2, -0.15) is 0 Å². The summed E-state index contributed by atoms with van der Waals surface area (Å²) in [6.45, 7) is 0.0837. The van der Waals surface area contributed by atoms with E-state index in [0.717, 1.165) is 12.1 Å². The van der Waals surface area contributed by atoms with Gasteiger partial charge in [0, 0.05) is 13.6 Å². The second-order valence-corrected chi connectivity index (χ2v) is 4.50. The quantitative estimate of drug-likeness (QED) is 0.641. The number of anilines is 1. The van der Waals surface area contributed by atoms with Crippen molar-refractivity contribution >= 4 is 11.8 Å². The molecule has 116 valence electrons. The molecule has 0 bridgehead atoms. The summed E-state index contributed by atoms with van der Waals surface area (Å²) in [6.07, 6.45) is 0. The summed E-state index contributed by atoms with van der Waals surface area (Å²) in [7, 11) is 2.84. The van der Waals surface area contributed by atoms with E-state index in [0.29, 0.717) is 5.82 Å². The summed E-state index contributed by atoms with van der Waals surface area (Å²) in [5.41, 5.74) is 0.274. The number of carbonyl (C=O) groups excluding carboxylic acids is 1. The Balaban J connectivity index is 2.15. The fourth-order valence-corrected chi connectivity index (χ4v) is 1.80. The van der Waals surface area contributed by atoms with E-state index >= 15 is 0 Å². The number of ether oxygens (including phenoxy) is 1. The fourth-order valence-electron chi connectivity index (χ4n) is 1.80. The van der Waals surface area contributed by atoms with Crippen molar-refractivity contribution in [2.24, 2.45) is 0 Å². The highest BCUT2D eigenvalue weighted by molar-refractivity contribution is 5.86. The van der Waals surface area contributed by atoms with Gasteiger partial charge >= 0.3 is 5.97 Å². The first kappa shape index (κ1) is 15.7. The fraction of sp³-hybridized carbons (Fsp3) is 0.214. The average molecular weight is 311 g/mol. The Bertz CT molecular complexity index is 669. The first-order valence-corrected chi connectivity index (χ1v) is 6.19. The standard InChI is InChI=1S/C14H12F3N3O2/c1-20(7-8-5-9(15)13(17)10(16)6-8)12-4-3-11(18-19-12)14(21)22-2/h3-6H,7H2,1-2H3. The van der Waals surface area contributed by atoms with Crippen LogP contribution in [0.3, 0.4) is 0 Å². The van der Waals surface area contributed by atoms with E-state index in [1.54, 1.807) is 11.9 Å². The minimum Gasteiger partial charge on any atom is -0.464 e. The molecule has 0 fully saturated rings. The van der Waals surface area contributed by atoms with Gasteiger partial charge in [-0.3, -0.25) is 0 Å². The second kappa shape index (κ2) is 6.42. The highest BCUT2D eigenvalue weighted by atomic mass is 19.2. The highest BCUT2D eigenvalue weighted by Gasteiger charge is 2.13. The van der Waals surface area contributed by atoms with Gasteiger partial charge < -0.3 is 9.64 Å². The van der Waals surface area contributed by atoms with E-state index in [9.17, 15) is 18.0 Å². The molecule has 0 saturated heterocycles. The van der Waals surface area contributed by atoms with Gasteiger partial charge in [0.2, 0.25) is 0 Å². The second-order valence-electron chi connectivity index (χ2n) is 4.50. The monoisotopic (exact) mass is 311 g/mol. The molecule has 0 aliphatic rings. The number of nitrogens with zero attached hydrogens (tertiary/aromatic N) is 3. The lowest BCUT2D eigenvalue weighted by Gasteiger charge is -2.17. The Morgan fingerprint density at radius 1 is 1.18 bits per heavy atom. The van der Waals surface area contributed by atoms with Crippen molar-refractivity contribution in [1.82, 2.24) is 10.2 Å². The van der Waals surface area contributed by atoms with E-state index in [2.05, 4.69) is 14.9 Å². The number of hydrogen-bond donors (Lipinski definition) is 0. The third kappa shape index (κ3) is 3.33. The van der Waals surface area contributed by atoms with Crippen LogP contribution in [-0.4, -0.2) is 30.3 Å². The van der Waals surface area contributed by atoms with Gasteiger partial charge in [-0.05, 0) is 29.8 Å². The van der Waals surface area contributed by atoms with Crippen LogP contribution in [0.4, 0.5) is 19.0 Å². The Morgan fingerprint density at radius 2 is 1.82 bits per heavy atom. The normalized spacial score (nSPS) is 10.4. The van der Waals surface area contributed by atoms with Crippen molar-refractivity contribution < 1.29 is 22.7 Å². The molecule has 0 aliphatic heterocycles. The molecule has 0 aliphatic carbocycles. The van der Waals surface area contributed by atoms with Crippen molar-refractivity contribution in [2.45, 2.75) is 6.54 Å². The molecule has 0 saturated carbocycles. The van der Waals surface area contributed by atoms with Crippen LogP contribution in [0.25, 0.3) is 0 Å². The lowest BCUT2D eigenvalue weighted by molar-refractivity contribution is 0.0592. The zero-order chi connectivity index (χ0) is 16.3. The van der Waals surface area contributed by atoms with E-state index < -0.39 is 23.4 Å². The smallest absolute Gasteiger partial charge is 0.358 e. The Hall–Kier alpha value is -2.64. The van der Waals surface area contributed by atoms with Gasteiger partial charge in [0.05, 0.1) is 7.11 Å². The SMILES string of the molecule is COC(=O)c1ccc(N(C)Cc2cc(F)c(F)c(F)c2)nn1. The van der Waals surface area contributed by atoms with Crippen molar-refractivity contribution in [3.63, 3.8) is 0 Å². The first-order chi connectivity index (χ1) is 10.4. The first-order valence-electron chi connectivity index (χ1n) is 6.19. The van der Waals surface area contributed by atoms with E-state index in [1.807, 2.05) is 0 Å². The van der Waals surface area contributed by atoms with E-state index in [1.165, 1.54) is 19.2 Å². The summed E-state index contributed by atoms with van der Waals surface area (Å²) in [6, 6.07) is 4.74. The predicted octanol–water partition coefficient (Wildman–Crippen LogP) is 2.32. The number of methoxy groups -OCH3 is 1. The topological polar surface area (TPSA) is 55.3 Å². The van der Waals surface area contributed by atoms with Crippen LogP contribution in [0.15, 0.2) is 24.3 Å². The number of hydrogen-bond acceptors (Lipinski definition) is 5. The third-order valence-corrected chi connectivity index (χ3v) is 2.90. The van der Waals surface area contributed by atoms with Gasteiger partial charge in [-0.15, -0.1) is 10.2 Å². The maximum Gasteiger partial charge on any atom is 0.358 e. The van der Waals surface area contributed by atoms with Gasteiger partial charge in [0.1, 0.15) is 0 Å². The minimum absolute atomic E-state index is 0.0403. The lowest BCUT2D eigenvalue weighted by Crippen LogP contribution is -2.19. The molecule has 2 aromatic rings. The van der Waals surface area contributed by atoms with E-state index in [4.69, 9.17) is 0 Å². The van der Waals surface area contributed by atoms with Crippen LogP contribution in [-0.2, 0) is 11.3 Å². The molecule has 2 rings (SSSR count). The van der Waals surface area contributed by atoms with E-state index in [-0.39, 0.29) is 17.8 Å². The maximum absolute atomic E-state index is 13.2. The van der Waals surface area contributed by atoms with Gasteiger partial charge in [-0.1, -0.05) is 0 Å². The molecule has 0 unspecified atom stereocenters. The highest BCUT2D eigenvalue weighted by Crippen LogP contribution is 2.17. The van der Waals surface area contributed by atoms with Crippen LogP contribution in [0.1, 0.15) is 16.1 Å². The average Bonchev–Trinajstić information content (AvgIpc) is 2.51. The Labute approximate surface area is 124 Å². The molecular formula is C14H12F3N3O2. The number of halogens is 3. The lowest BCUT2D eigenvalue weighted by atomic mass is 10.2. The van der Waals surface area contributed by atoms with Crippen molar-refractivity contribution in [3.05, 3.63) is 53.0 Å². The molecule has 1 aromatic carbocycles. The van der Waals surface area contributed by atoms with Crippen molar-refractivity contribution in [1.29, 1.82) is 0 Å². The molecule has 22 heavy (non-hydrogen) atoms. The van der Waals surface area contributed by atoms with Gasteiger partial charge in [0.15, 0.2) is 29.0 Å². The molecule has 1 heterocycles. The van der Waals surface area contributed by atoms with Crippen LogP contribution in [0.5, 0.6) is 0 Å². The zero-order valence-electron chi connectivity index (χ0n) is 11.8. The number of carbonyl (C=O) groups is 1. The van der Waals surface area contributed by atoms with Crippen molar-refractivity contribution in [3.8, 4) is 0 Å². The third-order valence-electron chi connectivity index (χ3n) is 2.90. The summed E-state index contributed by atoms with van der Waals surface area (Å²) in [4.78, 5) is 12.8. The minimum atomic E-state index is -1.51. The Morgan fingerprint density at radius 3 is 2.32 bits per heavy atom.